The molecule has 2 amide bonds. The molecule has 0 spiro atoms. The van der Waals surface area contributed by atoms with E-state index in [4.69, 9.17) is 4.74 Å². The zero-order chi connectivity index (χ0) is 20.5. The molecule has 0 bridgehead atoms. The number of allylic oxidation sites excluding steroid dienone is 1. The van der Waals surface area contributed by atoms with Crippen LogP contribution in [0.2, 0.25) is 0 Å². The third-order valence-electron chi connectivity index (χ3n) is 6.24. The van der Waals surface area contributed by atoms with Gasteiger partial charge in [0.2, 0.25) is 11.8 Å². The highest BCUT2D eigenvalue weighted by atomic mass is 16.5. The molecule has 1 saturated carbocycles. The number of amides is 2. The summed E-state index contributed by atoms with van der Waals surface area (Å²) in [5.74, 6) is 1.08. The van der Waals surface area contributed by atoms with Crippen LogP contribution in [0.15, 0.2) is 35.9 Å². The van der Waals surface area contributed by atoms with E-state index in [-0.39, 0.29) is 23.7 Å². The van der Waals surface area contributed by atoms with Gasteiger partial charge in [-0.2, -0.15) is 0 Å². The third kappa shape index (κ3) is 6.34. The predicted octanol–water partition coefficient (Wildman–Crippen LogP) is 4.12. The number of carbonyl (C=O) groups excluding carboxylic acids is 2. The number of rotatable bonds is 8. The normalized spacial score (nSPS) is 21.8. The molecule has 0 atom stereocenters. The van der Waals surface area contributed by atoms with Crippen LogP contribution in [0.25, 0.3) is 0 Å². The van der Waals surface area contributed by atoms with Crippen molar-refractivity contribution in [2.75, 3.05) is 13.7 Å². The molecule has 5 nitrogen and oxygen atoms in total. The predicted molar refractivity (Wildman–Crippen MR) is 114 cm³/mol. The van der Waals surface area contributed by atoms with Crippen LogP contribution in [-0.4, -0.2) is 25.5 Å². The second-order valence-electron chi connectivity index (χ2n) is 8.23. The minimum atomic E-state index is 0.00107. The maximum atomic E-state index is 12.5. The minimum absolute atomic E-state index is 0.00107. The number of ether oxygens (including phenoxy) is 1. The standard InChI is InChI=1S/C24H34N2O3/c1-29-22-10-6-5-9-21(22)17-26-24(28)20-13-11-19(12-14-20)23(27)25-16-15-18-7-3-2-4-8-18/h5-7,9-10,19-20H,2-4,8,11-17H2,1H3,(H,25,27)(H,26,28). The van der Waals surface area contributed by atoms with Gasteiger partial charge >= 0.3 is 0 Å². The lowest BCUT2D eigenvalue weighted by molar-refractivity contribution is -0.130. The van der Waals surface area contributed by atoms with E-state index in [0.29, 0.717) is 6.54 Å². The number of benzene rings is 1. The van der Waals surface area contributed by atoms with E-state index in [2.05, 4.69) is 16.7 Å². The Morgan fingerprint density at radius 2 is 1.69 bits per heavy atom. The van der Waals surface area contributed by atoms with Crippen molar-refractivity contribution in [2.45, 2.75) is 64.3 Å². The first-order valence-corrected chi connectivity index (χ1v) is 11.0. The average Bonchev–Trinajstić information content (AvgIpc) is 2.78. The summed E-state index contributed by atoms with van der Waals surface area (Å²) in [5, 5.41) is 6.14. The Bertz CT molecular complexity index is 721. The van der Waals surface area contributed by atoms with Crippen molar-refractivity contribution in [3.63, 3.8) is 0 Å². The number of para-hydroxylation sites is 1. The van der Waals surface area contributed by atoms with Gasteiger partial charge in [-0.05, 0) is 63.9 Å². The number of methoxy groups -OCH3 is 1. The molecule has 5 heteroatoms. The molecule has 0 radical (unpaired) electrons. The first-order valence-electron chi connectivity index (χ1n) is 11.0. The summed E-state index contributed by atoms with van der Waals surface area (Å²) in [4.78, 5) is 25.0. The SMILES string of the molecule is COc1ccccc1CNC(=O)C1CCC(C(=O)NCCC2=CCCCC2)CC1. The van der Waals surface area contributed by atoms with Gasteiger partial charge in [0.1, 0.15) is 5.75 Å². The summed E-state index contributed by atoms with van der Waals surface area (Å²) in [5.41, 5.74) is 2.47. The third-order valence-corrected chi connectivity index (χ3v) is 6.24. The summed E-state index contributed by atoms with van der Waals surface area (Å²) in [7, 11) is 1.64. The molecule has 3 rings (SSSR count). The van der Waals surface area contributed by atoms with Crippen LogP contribution in [0.3, 0.4) is 0 Å². The van der Waals surface area contributed by atoms with Crippen molar-refractivity contribution in [2.24, 2.45) is 11.8 Å². The molecule has 29 heavy (non-hydrogen) atoms. The Morgan fingerprint density at radius 3 is 2.34 bits per heavy atom. The molecule has 2 aliphatic carbocycles. The van der Waals surface area contributed by atoms with Gasteiger partial charge in [-0.25, -0.2) is 0 Å². The molecule has 0 aromatic heterocycles. The molecule has 0 aliphatic heterocycles. The van der Waals surface area contributed by atoms with Crippen molar-refractivity contribution in [1.29, 1.82) is 0 Å². The molecule has 0 unspecified atom stereocenters. The van der Waals surface area contributed by atoms with Crippen molar-refractivity contribution in [3.8, 4) is 5.75 Å². The van der Waals surface area contributed by atoms with Gasteiger partial charge in [0.25, 0.3) is 0 Å². The maximum Gasteiger partial charge on any atom is 0.223 e. The molecular weight excluding hydrogens is 364 g/mol. The van der Waals surface area contributed by atoms with Gasteiger partial charge in [-0.15, -0.1) is 0 Å². The van der Waals surface area contributed by atoms with Crippen LogP contribution in [0.5, 0.6) is 5.75 Å². The van der Waals surface area contributed by atoms with E-state index in [1.54, 1.807) is 7.11 Å². The van der Waals surface area contributed by atoms with Crippen LogP contribution in [0.4, 0.5) is 0 Å². The number of hydrogen-bond donors (Lipinski definition) is 2. The molecule has 2 N–H and O–H groups in total. The number of nitrogens with one attached hydrogen (secondary N) is 2. The minimum Gasteiger partial charge on any atom is -0.496 e. The fraction of sp³-hybridized carbons (Fsp3) is 0.583. The first-order chi connectivity index (χ1) is 14.2. The van der Waals surface area contributed by atoms with Crippen molar-refractivity contribution >= 4 is 11.8 Å². The molecule has 0 saturated heterocycles. The van der Waals surface area contributed by atoms with Crippen LogP contribution < -0.4 is 15.4 Å². The lowest BCUT2D eigenvalue weighted by Gasteiger charge is -2.27. The summed E-state index contributed by atoms with van der Waals surface area (Å²) >= 11 is 0. The van der Waals surface area contributed by atoms with Gasteiger partial charge in [-0.1, -0.05) is 29.8 Å². The highest BCUT2D eigenvalue weighted by Gasteiger charge is 2.29. The largest absolute Gasteiger partial charge is 0.496 e. The number of hydrogen-bond acceptors (Lipinski definition) is 3. The summed E-state index contributed by atoms with van der Waals surface area (Å²) < 4.78 is 5.34. The van der Waals surface area contributed by atoms with Crippen LogP contribution in [0, 0.1) is 11.8 Å². The molecule has 1 fully saturated rings. The molecule has 158 valence electrons. The van der Waals surface area contributed by atoms with Gasteiger partial charge in [0.15, 0.2) is 0 Å². The van der Waals surface area contributed by atoms with E-state index in [1.165, 1.54) is 31.3 Å². The molecule has 2 aliphatic rings. The topological polar surface area (TPSA) is 67.4 Å². The quantitative estimate of drug-likeness (QED) is 0.647. The van der Waals surface area contributed by atoms with Gasteiger partial charge < -0.3 is 15.4 Å². The van der Waals surface area contributed by atoms with Gasteiger partial charge in [0.05, 0.1) is 7.11 Å². The van der Waals surface area contributed by atoms with E-state index in [1.807, 2.05) is 24.3 Å². The molecular formula is C24H34N2O3. The van der Waals surface area contributed by atoms with Crippen molar-refractivity contribution in [3.05, 3.63) is 41.5 Å². The fourth-order valence-corrected chi connectivity index (χ4v) is 4.42. The lowest BCUT2D eigenvalue weighted by atomic mass is 9.81. The second-order valence-corrected chi connectivity index (χ2v) is 8.23. The van der Waals surface area contributed by atoms with Crippen LogP contribution in [-0.2, 0) is 16.1 Å². The maximum absolute atomic E-state index is 12.5. The summed E-state index contributed by atoms with van der Waals surface area (Å²) in [6.45, 7) is 1.21. The summed E-state index contributed by atoms with van der Waals surface area (Å²) in [6, 6.07) is 7.72. The Hall–Kier alpha value is -2.30. The Balaban J connectivity index is 1.36. The van der Waals surface area contributed by atoms with E-state index >= 15 is 0 Å². The molecule has 0 heterocycles. The zero-order valence-corrected chi connectivity index (χ0v) is 17.5. The zero-order valence-electron chi connectivity index (χ0n) is 17.5. The van der Waals surface area contributed by atoms with Gasteiger partial charge in [-0.3, -0.25) is 9.59 Å². The number of carbonyl (C=O) groups is 2. The fourth-order valence-electron chi connectivity index (χ4n) is 4.42. The Kier molecular flexibility index (Phi) is 8.14. The Morgan fingerprint density at radius 1 is 1.00 bits per heavy atom. The molecule has 1 aromatic carbocycles. The smallest absolute Gasteiger partial charge is 0.223 e. The average molecular weight is 399 g/mol. The highest BCUT2D eigenvalue weighted by Crippen LogP contribution is 2.29. The van der Waals surface area contributed by atoms with Crippen molar-refractivity contribution < 1.29 is 14.3 Å². The van der Waals surface area contributed by atoms with Crippen LogP contribution in [0.1, 0.15) is 63.4 Å². The highest BCUT2D eigenvalue weighted by molar-refractivity contribution is 5.81. The van der Waals surface area contributed by atoms with Crippen molar-refractivity contribution in [1.82, 2.24) is 10.6 Å². The van der Waals surface area contributed by atoms with E-state index in [9.17, 15) is 9.59 Å². The van der Waals surface area contributed by atoms with E-state index < -0.39 is 0 Å². The van der Waals surface area contributed by atoms with Gasteiger partial charge in [0, 0.05) is 30.5 Å². The first kappa shape index (κ1) is 21.4. The monoisotopic (exact) mass is 398 g/mol. The van der Waals surface area contributed by atoms with E-state index in [0.717, 1.165) is 50.0 Å². The summed E-state index contributed by atoms with van der Waals surface area (Å²) in [6.07, 6.45) is 11.4. The second kappa shape index (κ2) is 11.0. The van der Waals surface area contributed by atoms with Crippen LogP contribution >= 0.6 is 0 Å². The Labute approximate surface area is 174 Å². The molecule has 1 aromatic rings. The lowest BCUT2D eigenvalue weighted by Crippen LogP contribution is -2.37.